The molecule has 0 saturated heterocycles. The van der Waals surface area contributed by atoms with Crippen molar-refractivity contribution in [1.29, 1.82) is 0 Å². The third-order valence-electron chi connectivity index (χ3n) is 3.95. The number of carbonyl (C=O) groups excluding carboxylic acids is 1. The molecule has 0 spiro atoms. The summed E-state index contributed by atoms with van der Waals surface area (Å²) in [7, 11) is 1.76. The topological polar surface area (TPSA) is 46.1 Å². The van der Waals surface area contributed by atoms with Crippen molar-refractivity contribution in [2.24, 2.45) is 5.92 Å². The summed E-state index contributed by atoms with van der Waals surface area (Å²) in [4.78, 5) is 23.5. The zero-order valence-corrected chi connectivity index (χ0v) is 16.3. The Kier molecular flexibility index (Phi) is 5.44. The molecular weight excluding hydrogens is 369 g/mol. The van der Waals surface area contributed by atoms with E-state index in [4.69, 9.17) is 23.2 Å². The van der Waals surface area contributed by atoms with Crippen LogP contribution < -0.4 is 0 Å². The fraction of sp³-hybridized carbons (Fsp3) is 0.250. The molecule has 0 bridgehead atoms. The predicted octanol–water partition coefficient (Wildman–Crippen LogP) is 5.33. The van der Waals surface area contributed by atoms with Crippen LogP contribution in [0.2, 0.25) is 10.0 Å². The van der Waals surface area contributed by atoms with Crippen molar-refractivity contribution in [3.8, 4) is 11.3 Å². The number of amides is 1. The second-order valence-electron chi connectivity index (χ2n) is 6.64. The maximum absolute atomic E-state index is 12.8. The fourth-order valence-corrected chi connectivity index (χ4v) is 3.12. The van der Waals surface area contributed by atoms with Crippen LogP contribution in [-0.2, 0) is 0 Å². The van der Waals surface area contributed by atoms with Gasteiger partial charge in [0.25, 0.3) is 5.91 Å². The molecule has 6 heteroatoms. The Hall–Kier alpha value is -2.17. The second kappa shape index (κ2) is 7.60. The molecule has 0 unspecified atom stereocenters. The first kappa shape index (κ1) is 18.6. The molecule has 26 heavy (non-hydrogen) atoms. The van der Waals surface area contributed by atoms with E-state index >= 15 is 0 Å². The first-order valence-corrected chi connectivity index (χ1v) is 9.09. The lowest BCUT2D eigenvalue weighted by Gasteiger charge is -2.19. The van der Waals surface area contributed by atoms with Crippen molar-refractivity contribution in [2.75, 3.05) is 13.6 Å². The van der Waals surface area contributed by atoms with Gasteiger partial charge in [-0.2, -0.15) is 0 Å². The van der Waals surface area contributed by atoms with Crippen molar-refractivity contribution in [2.45, 2.75) is 13.8 Å². The van der Waals surface area contributed by atoms with E-state index in [0.29, 0.717) is 33.7 Å². The van der Waals surface area contributed by atoms with Gasteiger partial charge in [-0.3, -0.25) is 4.79 Å². The number of hydrogen-bond acceptors (Lipinski definition) is 3. The molecule has 1 heterocycles. The Morgan fingerprint density at radius 1 is 1.04 bits per heavy atom. The van der Waals surface area contributed by atoms with E-state index in [1.165, 1.54) is 0 Å². The van der Waals surface area contributed by atoms with E-state index in [1.807, 2.05) is 18.2 Å². The molecule has 1 aromatic heterocycles. The molecule has 134 valence electrons. The summed E-state index contributed by atoms with van der Waals surface area (Å²) in [6.45, 7) is 4.76. The SMILES string of the molecule is CC(C)CN(C)C(=O)c1nc(-c2ccc(Cl)cc2)c2cc(Cl)ccc2n1. The van der Waals surface area contributed by atoms with Crippen LogP contribution in [0.1, 0.15) is 24.5 Å². The molecule has 3 rings (SSSR count). The van der Waals surface area contributed by atoms with Crippen molar-refractivity contribution < 1.29 is 4.79 Å². The molecule has 0 aliphatic rings. The maximum atomic E-state index is 12.8. The van der Waals surface area contributed by atoms with Crippen LogP contribution in [0.4, 0.5) is 0 Å². The van der Waals surface area contributed by atoms with Gasteiger partial charge in [0.1, 0.15) is 0 Å². The van der Waals surface area contributed by atoms with Crippen LogP contribution in [-0.4, -0.2) is 34.4 Å². The summed E-state index contributed by atoms with van der Waals surface area (Å²) in [5, 5.41) is 2.02. The number of aromatic nitrogens is 2. The van der Waals surface area contributed by atoms with E-state index < -0.39 is 0 Å². The Balaban J connectivity index is 2.16. The van der Waals surface area contributed by atoms with Crippen LogP contribution in [0.15, 0.2) is 42.5 Å². The van der Waals surface area contributed by atoms with Crippen molar-refractivity contribution in [3.05, 3.63) is 58.3 Å². The van der Waals surface area contributed by atoms with Crippen molar-refractivity contribution in [3.63, 3.8) is 0 Å². The smallest absolute Gasteiger partial charge is 0.291 e. The van der Waals surface area contributed by atoms with Gasteiger partial charge >= 0.3 is 0 Å². The molecule has 0 fully saturated rings. The Labute approximate surface area is 162 Å². The van der Waals surface area contributed by atoms with Crippen molar-refractivity contribution >= 4 is 40.0 Å². The normalized spacial score (nSPS) is 11.2. The average molecular weight is 388 g/mol. The predicted molar refractivity (Wildman–Crippen MR) is 107 cm³/mol. The van der Waals surface area contributed by atoms with Gasteiger partial charge in [-0.1, -0.05) is 49.2 Å². The Morgan fingerprint density at radius 2 is 1.69 bits per heavy atom. The van der Waals surface area contributed by atoms with Gasteiger partial charge in [0.15, 0.2) is 0 Å². The monoisotopic (exact) mass is 387 g/mol. The van der Waals surface area contributed by atoms with Gasteiger partial charge in [0.05, 0.1) is 11.2 Å². The largest absolute Gasteiger partial charge is 0.339 e. The van der Waals surface area contributed by atoms with E-state index in [9.17, 15) is 4.79 Å². The molecule has 0 saturated carbocycles. The molecule has 0 aliphatic carbocycles. The summed E-state index contributed by atoms with van der Waals surface area (Å²) in [6, 6.07) is 12.7. The first-order chi connectivity index (χ1) is 12.3. The molecule has 1 amide bonds. The zero-order valence-electron chi connectivity index (χ0n) is 14.8. The highest BCUT2D eigenvalue weighted by atomic mass is 35.5. The summed E-state index contributed by atoms with van der Waals surface area (Å²) in [6.07, 6.45) is 0. The molecular formula is C20H19Cl2N3O. The van der Waals surface area contributed by atoms with Crippen LogP contribution in [0.25, 0.3) is 22.2 Å². The van der Waals surface area contributed by atoms with Gasteiger partial charge in [0.2, 0.25) is 5.82 Å². The fourth-order valence-electron chi connectivity index (χ4n) is 2.83. The van der Waals surface area contributed by atoms with Crippen LogP contribution in [0, 0.1) is 5.92 Å². The number of rotatable bonds is 4. The van der Waals surface area contributed by atoms with E-state index in [0.717, 1.165) is 10.9 Å². The number of fused-ring (bicyclic) bond motifs is 1. The highest BCUT2D eigenvalue weighted by molar-refractivity contribution is 6.31. The molecule has 4 nitrogen and oxygen atoms in total. The molecule has 0 radical (unpaired) electrons. The number of halogens is 2. The van der Waals surface area contributed by atoms with Gasteiger partial charge in [0, 0.05) is 34.6 Å². The maximum Gasteiger partial charge on any atom is 0.291 e. The lowest BCUT2D eigenvalue weighted by atomic mass is 10.1. The van der Waals surface area contributed by atoms with Crippen LogP contribution in [0.5, 0.6) is 0 Å². The van der Waals surface area contributed by atoms with Gasteiger partial charge < -0.3 is 4.90 Å². The van der Waals surface area contributed by atoms with Gasteiger partial charge in [-0.05, 0) is 36.2 Å². The number of hydrogen-bond donors (Lipinski definition) is 0. The minimum atomic E-state index is -0.203. The molecule has 0 N–H and O–H groups in total. The Morgan fingerprint density at radius 3 is 2.35 bits per heavy atom. The van der Waals surface area contributed by atoms with Crippen LogP contribution >= 0.6 is 23.2 Å². The summed E-state index contributed by atoms with van der Waals surface area (Å²) < 4.78 is 0. The summed E-state index contributed by atoms with van der Waals surface area (Å²) in [5.41, 5.74) is 2.19. The molecule has 0 atom stereocenters. The number of nitrogens with zero attached hydrogens (tertiary/aromatic N) is 3. The van der Waals surface area contributed by atoms with E-state index in [1.54, 1.807) is 36.2 Å². The Bertz CT molecular complexity index is 955. The molecule has 3 aromatic rings. The first-order valence-electron chi connectivity index (χ1n) is 8.34. The summed E-state index contributed by atoms with van der Waals surface area (Å²) >= 11 is 12.2. The second-order valence-corrected chi connectivity index (χ2v) is 7.52. The third kappa shape index (κ3) is 3.97. The minimum absolute atomic E-state index is 0.174. The van der Waals surface area contributed by atoms with E-state index in [-0.39, 0.29) is 11.7 Å². The standard InChI is InChI=1S/C20H19Cl2N3O/c1-12(2)11-25(3)20(26)19-23-17-9-8-15(22)10-16(17)18(24-19)13-4-6-14(21)7-5-13/h4-10,12H,11H2,1-3H3. The highest BCUT2D eigenvalue weighted by Gasteiger charge is 2.19. The van der Waals surface area contributed by atoms with Crippen LogP contribution in [0.3, 0.4) is 0 Å². The lowest BCUT2D eigenvalue weighted by molar-refractivity contribution is 0.0767. The quantitative estimate of drug-likeness (QED) is 0.607. The highest BCUT2D eigenvalue weighted by Crippen LogP contribution is 2.29. The molecule has 0 aliphatic heterocycles. The molecule has 2 aromatic carbocycles. The van der Waals surface area contributed by atoms with Crippen molar-refractivity contribution in [1.82, 2.24) is 14.9 Å². The number of benzene rings is 2. The summed E-state index contributed by atoms with van der Waals surface area (Å²) in [5.74, 6) is 0.331. The third-order valence-corrected chi connectivity index (χ3v) is 4.44. The van der Waals surface area contributed by atoms with Gasteiger partial charge in [-0.25, -0.2) is 9.97 Å². The average Bonchev–Trinajstić information content (AvgIpc) is 2.60. The zero-order chi connectivity index (χ0) is 18.8. The van der Waals surface area contributed by atoms with Gasteiger partial charge in [-0.15, -0.1) is 0 Å². The minimum Gasteiger partial charge on any atom is -0.339 e. The van der Waals surface area contributed by atoms with E-state index in [2.05, 4.69) is 23.8 Å². The number of carbonyl (C=O) groups is 1. The lowest BCUT2D eigenvalue weighted by Crippen LogP contribution is -2.31.